The lowest BCUT2D eigenvalue weighted by Gasteiger charge is -2.20. The van der Waals surface area contributed by atoms with Gasteiger partial charge in [-0.25, -0.2) is 0 Å². The molecule has 1 amide bonds. The lowest BCUT2D eigenvalue weighted by Crippen LogP contribution is -2.30. The molecule has 0 aliphatic carbocycles. The van der Waals surface area contributed by atoms with Crippen molar-refractivity contribution in [1.82, 2.24) is 0 Å². The van der Waals surface area contributed by atoms with Crippen molar-refractivity contribution in [3.8, 4) is 0 Å². The van der Waals surface area contributed by atoms with Crippen LogP contribution in [0.5, 0.6) is 0 Å². The van der Waals surface area contributed by atoms with Gasteiger partial charge in [-0.05, 0) is 30.3 Å². The van der Waals surface area contributed by atoms with E-state index < -0.39 is 0 Å². The highest BCUT2D eigenvalue weighted by atomic mass is 35.5. The average Bonchev–Trinajstić information content (AvgIpc) is 2.38. The van der Waals surface area contributed by atoms with Crippen LogP contribution in [0.1, 0.15) is 0 Å². The molecule has 0 atom stereocenters. The molecule has 2 aromatic carbocycles. The second kappa shape index (κ2) is 6.30. The van der Waals surface area contributed by atoms with Gasteiger partial charge in [0.05, 0.1) is 17.9 Å². The predicted molar refractivity (Wildman–Crippen MR) is 84.2 cm³/mol. The van der Waals surface area contributed by atoms with E-state index in [-0.39, 0.29) is 12.5 Å². The molecular formula is C15H16ClN3O. The van der Waals surface area contributed by atoms with E-state index in [0.717, 1.165) is 5.69 Å². The zero-order valence-electron chi connectivity index (χ0n) is 11.1. The van der Waals surface area contributed by atoms with Crippen molar-refractivity contribution in [3.05, 3.63) is 53.6 Å². The molecule has 5 heteroatoms. The summed E-state index contributed by atoms with van der Waals surface area (Å²) in [6.07, 6.45) is 0. The molecule has 0 aliphatic rings. The molecule has 0 fully saturated rings. The number of benzene rings is 2. The number of amides is 1. The largest absolute Gasteiger partial charge is 0.397 e. The fourth-order valence-corrected chi connectivity index (χ4v) is 2.09. The number of hydrogen-bond donors (Lipinski definition) is 2. The number of anilines is 3. The number of nitrogen functional groups attached to an aromatic ring is 1. The minimum Gasteiger partial charge on any atom is -0.397 e. The van der Waals surface area contributed by atoms with E-state index in [9.17, 15) is 4.79 Å². The van der Waals surface area contributed by atoms with Crippen LogP contribution >= 0.6 is 11.6 Å². The normalized spacial score (nSPS) is 10.1. The summed E-state index contributed by atoms with van der Waals surface area (Å²) in [7, 11) is 1.82. The summed E-state index contributed by atoms with van der Waals surface area (Å²) in [6, 6.07) is 14.5. The molecule has 2 rings (SSSR count). The first-order valence-electron chi connectivity index (χ1n) is 6.17. The Bertz CT molecular complexity index is 616. The van der Waals surface area contributed by atoms with Crippen LogP contribution in [0.2, 0.25) is 5.02 Å². The highest BCUT2D eigenvalue weighted by Gasteiger charge is 2.09. The summed E-state index contributed by atoms with van der Waals surface area (Å²) in [5, 5.41) is 3.38. The van der Waals surface area contributed by atoms with Gasteiger partial charge in [0, 0.05) is 17.8 Å². The Hall–Kier alpha value is -2.20. The van der Waals surface area contributed by atoms with Crippen LogP contribution in [0.25, 0.3) is 0 Å². The van der Waals surface area contributed by atoms with Crippen LogP contribution in [0.3, 0.4) is 0 Å². The lowest BCUT2D eigenvalue weighted by molar-refractivity contribution is -0.114. The van der Waals surface area contributed by atoms with Crippen molar-refractivity contribution in [3.63, 3.8) is 0 Å². The van der Waals surface area contributed by atoms with Gasteiger partial charge in [0.2, 0.25) is 5.91 Å². The first kappa shape index (κ1) is 14.2. The van der Waals surface area contributed by atoms with Crippen molar-refractivity contribution in [2.24, 2.45) is 0 Å². The van der Waals surface area contributed by atoms with Gasteiger partial charge in [-0.2, -0.15) is 0 Å². The van der Waals surface area contributed by atoms with Gasteiger partial charge in [-0.3, -0.25) is 4.79 Å². The van der Waals surface area contributed by atoms with Gasteiger partial charge in [0.15, 0.2) is 0 Å². The Morgan fingerprint density at radius 2 is 2.00 bits per heavy atom. The number of nitrogens with one attached hydrogen (secondary N) is 1. The zero-order valence-corrected chi connectivity index (χ0v) is 11.9. The van der Waals surface area contributed by atoms with Crippen LogP contribution in [0, 0.1) is 0 Å². The monoisotopic (exact) mass is 289 g/mol. The molecule has 4 nitrogen and oxygen atoms in total. The Morgan fingerprint density at radius 3 is 2.70 bits per heavy atom. The van der Waals surface area contributed by atoms with Crippen molar-refractivity contribution >= 4 is 34.6 Å². The third-order valence-electron chi connectivity index (χ3n) is 2.84. The van der Waals surface area contributed by atoms with Crippen LogP contribution in [-0.2, 0) is 4.79 Å². The maximum atomic E-state index is 12.0. The molecule has 0 saturated heterocycles. The van der Waals surface area contributed by atoms with Crippen LogP contribution in [0.4, 0.5) is 17.1 Å². The number of nitrogens with two attached hydrogens (primary N) is 1. The van der Waals surface area contributed by atoms with Crippen LogP contribution < -0.4 is 16.0 Å². The van der Waals surface area contributed by atoms with Gasteiger partial charge in [0.1, 0.15) is 0 Å². The Labute approximate surface area is 123 Å². The van der Waals surface area contributed by atoms with Crippen molar-refractivity contribution in [2.75, 3.05) is 29.5 Å². The molecule has 2 aromatic rings. The second-order valence-electron chi connectivity index (χ2n) is 4.47. The van der Waals surface area contributed by atoms with E-state index in [1.165, 1.54) is 0 Å². The minimum absolute atomic E-state index is 0.127. The molecule has 0 heterocycles. The Morgan fingerprint density at radius 1 is 1.25 bits per heavy atom. The number of halogens is 1. The molecule has 0 aliphatic heterocycles. The molecule has 104 valence electrons. The quantitative estimate of drug-likeness (QED) is 0.851. The standard InChI is InChI=1S/C15H16ClN3O/c1-19(14-8-3-2-7-13(14)17)10-15(20)18-12-6-4-5-11(16)9-12/h2-9H,10,17H2,1H3,(H,18,20). The smallest absolute Gasteiger partial charge is 0.243 e. The summed E-state index contributed by atoms with van der Waals surface area (Å²) < 4.78 is 0. The summed E-state index contributed by atoms with van der Waals surface area (Å²) in [4.78, 5) is 13.8. The van der Waals surface area contributed by atoms with Gasteiger partial charge in [-0.1, -0.05) is 29.8 Å². The minimum atomic E-state index is -0.127. The summed E-state index contributed by atoms with van der Waals surface area (Å²) in [5.74, 6) is -0.127. The van der Waals surface area contributed by atoms with Gasteiger partial charge >= 0.3 is 0 Å². The van der Waals surface area contributed by atoms with E-state index in [1.807, 2.05) is 25.2 Å². The molecule has 0 unspecified atom stereocenters. The summed E-state index contributed by atoms with van der Waals surface area (Å²) >= 11 is 5.87. The number of likely N-dealkylation sites (N-methyl/N-ethyl adjacent to an activating group) is 1. The Kier molecular flexibility index (Phi) is 4.48. The highest BCUT2D eigenvalue weighted by Crippen LogP contribution is 2.21. The molecule has 0 saturated carbocycles. The van der Waals surface area contributed by atoms with Gasteiger partial charge in [0.25, 0.3) is 0 Å². The van der Waals surface area contributed by atoms with Crippen molar-refractivity contribution in [2.45, 2.75) is 0 Å². The highest BCUT2D eigenvalue weighted by molar-refractivity contribution is 6.30. The second-order valence-corrected chi connectivity index (χ2v) is 4.91. The van der Waals surface area contributed by atoms with E-state index in [0.29, 0.717) is 16.4 Å². The first-order chi connectivity index (χ1) is 9.56. The fourth-order valence-electron chi connectivity index (χ4n) is 1.90. The topological polar surface area (TPSA) is 58.4 Å². The lowest BCUT2D eigenvalue weighted by atomic mass is 10.2. The third-order valence-corrected chi connectivity index (χ3v) is 3.07. The molecular weight excluding hydrogens is 274 g/mol. The molecule has 0 spiro atoms. The molecule has 20 heavy (non-hydrogen) atoms. The number of para-hydroxylation sites is 2. The maximum absolute atomic E-state index is 12.0. The fraction of sp³-hybridized carbons (Fsp3) is 0.133. The molecule has 3 N–H and O–H groups in total. The van der Waals surface area contributed by atoms with E-state index in [4.69, 9.17) is 17.3 Å². The number of rotatable bonds is 4. The number of carbonyl (C=O) groups is 1. The third kappa shape index (κ3) is 3.65. The number of nitrogens with zero attached hydrogens (tertiary/aromatic N) is 1. The zero-order chi connectivity index (χ0) is 14.5. The molecule has 0 aromatic heterocycles. The number of carbonyl (C=O) groups excluding carboxylic acids is 1. The van der Waals surface area contributed by atoms with Crippen LogP contribution in [0.15, 0.2) is 48.5 Å². The average molecular weight is 290 g/mol. The predicted octanol–water partition coefficient (Wildman–Crippen LogP) is 3.00. The van der Waals surface area contributed by atoms with Gasteiger partial charge < -0.3 is 16.0 Å². The maximum Gasteiger partial charge on any atom is 0.243 e. The van der Waals surface area contributed by atoms with Gasteiger partial charge in [-0.15, -0.1) is 0 Å². The summed E-state index contributed by atoms with van der Waals surface area (Å²) in [6.45, 7) is 0.209. The SMILES string of the molecule is CN(CC(=O)Nc1cccc(Cl)c1)c1ccccc1N. The van der Waals surface area contributed by atoms with E-state index in [1.54, 1.807) is 35.2 Å². The molecule has 0 radical (unpaired) electrons. The first-order valence-corrected chi connectivity index (χ1v) is 6.55. The number of hydrogen-bond acceptors (Lipinski definition) is 3. The molecule has 0 bridgehead atoms. The Balaban J connectivity index is 2.00. The van der Waals surface area contributed by atoms with Crippen molar-refractivity contribution in [1.29, 1.82) is 0 Å². The van der Waals surface area contributed by atoms with E-state index in [2.05, 4.69) is 5.32 Å². The van der Waals surface area contributed by atoms with Crippen molar-refractivity contribution < 1.29 is 4.79 Å². The summed E-state index contributed by atoms with van der Waals surface area (Å²) in [5.41, 5.74) is 8.03. The van der Waals surface area contributed by atoms with E-state index >= 15 is 0 Å². The van der Waals surface area contributed by atoms with Crippen LogP contribution in [-0.4, -0.2) is 19.5 Å².